The first-order valence-corrected chi connectivity index (χ1v) is 8.90. The lowest BCUT2D eigenvalue weighted by atomic mass is 10.0. The number of aryl methyl sites for hydroxylation is 1. The molecule has 0 aromatic carbocycles. The Kier molecular flexibility index (Phi) is 4.76. The van der Waals surface area contributed by atoms with Gasteiger partial charge in [-0.2, -0.15) is 0 Å². The Balaban J connectivity index is 1.46. The number of hydrogen-bond donors (Lipinski definition) is 0. The summed E-state index contributed by atoms with van der Waals surface area (Å²) in [5.74, 6) is 0.453. The van der Waals surface area contributed by atoms with Gasteiger partial charge in [0.15, 0.2) is 0 Å². The average Bonchev–Trinajstić information content (AvgIpc) is 3.00. The Bertz CT molecular complexity index is 827. The number of aromatic nitrogens is 3. The standard InChI is InChI=1S/C20H24N4O/c1-16-4-5-17(12-22-16)13-23-9-10-25-15-18(14-23)11-19-20-3-2-7-24(20)8-6-21-19/h2-8,12,18H,9-11,13-15H2,1H3/t18-/m1/s1. The van der Waals surface area contributed by atoms with Gasteiger partial charge in [-0.3, -0.25) is 14.9 Å². The molecule has 1 atom stereocenters. The highest BCUT2D eigenvalue weighted by atomic mass is 16.5. The third kappa shape index (κ3) is 3.89. The third-order valence-electron chi connectivity index (χ3n) is 4.81. The molecule has 0 saturated carbocycles. The van der Waals surface area contributed by atoms with Crippen LogP contribution in [0.25, 0.3) is 5.52 Å². The van der Waals surface area contributed by atoms with Gasteiger partial charge in [0.25, 0.3) is 0 Å². The van der Waals surface area contributed by atoms with Crippen molar-refractivity contribution in [1.82, 2.24) is 19.3 Å². The monoisotopic (exact) mass is 336 g/mol. The summed E-state index contributed by atoms with van der Waals surface area (Å²) in [7, 11) is 0. The van der Waals surface area contributed by atoms with Crippen LogP contribution < -0.4 is 0 Å². The van der Waals surface area contributed by atoms with Crippen LogP contribution in [0.15, 0.2) is 49.1 Å². The fourth-order valence-corrected chi connectivity index (χ4v) is 3.53. The molecule has 4 heterocycles. The molecule has 3 aromatic rings. The van der Waals surface area contributed by atoms with Gasteiger partial charge in [0.2, 0.25) is 0 Å². The van der Waals surface area contributed by atoms with Crippen molar-refractivity contribution in [2.24, 2.45) is 5.92 Å². The van der Waals surface area contributed by atoms with Gasteiger partial charge in [0.1, 0.15) is 0 Å². The first-order chi connectivity index (χ1) is 12.3. The van der Waals surface area contributed by atoms with Crippen molar-refractivity contribution in [3.63, 3.8) is 0 Å². The Morgan fingerprint density at radius 3 is 3.04 bits per heavy atom. The van der Waals surface area contributed by atoms with Crippen molar-refractivity contribution in [1.29, 1.82) is 0 Å². The number of pyridine rings is 1. The summed E-state index contributed by atoms with van der Waals surface area (Å²) in [6.07, 6.45) is 8.88. The highest BCUT2D eigenvalue weighted by molar-refractivity contribution is 5.52. The van der Waals surface area contributed by atoms with Crippen molar-refractivity contribution >= 4 is 5.52 Å². The normalized spacial score (nSPS) is 19.2. The Morgan fingerprint density at radius 2 is 2.16 bits per heavy atom. The summed E-state index contributed by atoms with van der Waals surface area (Å²) in [5, 5.41) is 0. The lowest BCUT2D eigenvalue weighted by molar-refractivity contribution is 0.121. The maximum absolute atomic E-state index is 5.87. The molecule has 5 nitrogen and oxygen atoms in total. The van der Waals surface area contributed by atoms with Gasteiger partial charge in [0.05, 0.1) is 24.4 Å². The number of fused-ring (bicyclic) bond motifs is 1. The SMILES string of the molecule is Cc1ccc(CN2CCOC[C@H](Cc3nccn4cccc34)C2)cn1. The Labute approximate surface area is 148 Å². The zero-order chi connectivity index (χ0) is 17.1. The van der Waals surface area contributed by atoms with E-state index >= 15 is 0 Å². The molecule has 130 valence electrons. The summed E-state index contributed by atoms with van der Waals surface area (Å²) in [6.45, 7) is 6.53. The fraction of sp³-hybridized carbons (Fsp3) is 0.400. The van der Waals surface area contributed by atoms with Crippen LogP contribution in [0.4, 0.5) is 0 Å². The van der Waals surface area contributed by atoms with Crippen LogP contribution in [-0.2, 0) is 17.7 Å². The summed E-state index contributed by atoms with van der Waals surface area (Å²) in [6, 6.07) is 8.46. The molecule has 1 saturated heterocycles. The molecule has 0 radical (unpaired) electrons. The maximum atomic E-state index is 5.87. The van der Waals surface area contributed by atoms with Gasteiger partial charge in [-0.05, 0) is 37.1 Å². The lowest BCUT2D eigenvalue weighted by Gasteiger charge is -2.23. The molecule has 0 amide bonds. The summed E-state index contributed by atoms with van der Waals surface area (Å²) in [5.41, 5.74) is 4.67. The van der Waals surface area contributed by atoms with E-state index in [1.165, 1.54) is 11.1 Å². The second-order valence-electron chi connectivity index (χ2n) is 6.86. The van der Waals surface area contributed by atoms with Gasteiger partial charge >= 0.3 is 0 Å². The molecule has 0 aliphatic carbocycles. The summed E-state index contributed by atoms with van der Waals surface area (Å²) < 4.78 is 8.00. The zero-order valence-corrected chi connectivity index (χ0v) is 14.6. The van der Waals surface area contributed by atoms with Crippen molar-refractivity contribution in [3.05, 3.63) is 66.0 Å². The molecule has 1 fully saturated rings. The maximum Gasteiger partial charge on any atom is 0.0666 e. The molecule has 1 aliphatic rings. The van der Waals surface area contributed by atoms with E-state index in [0.29, 0.717) is 5.92 Å². The van der Waals surface area contributed by atoms with Crippen LogP contribution >= 0.6 is 0 Å². The van der Waals surface area contributed by atoms with Crippen molar-refractivity contribution in [2.75, 3.05) is 26.3 Å². The van der Waals surface area contributed by atoms with E-state index in [2.05, 4.69) is 49.7 Å². The van der Waals surface area contributed by atoms with Crippen LogP contribution in [-0.4, -0.2) is 45.6 Å². The quantitative estimate of drug-likeness (QED) is 0.735. The second-order valence-corrected chi connectivity index (χ2v) is 6.86. The largest absolute Gasteiger partial charge is 0.380 e. The average molecular weight is 336 g/mol. The Hall–Kier alpha value is -2.24. The van der Waals surface area contributed by atoms with E-state index in [1.807, 2.05) is 25.5 Å². The molecule has 5 heteroatoms. The molecule has 0 unspecified atom stereocenters. The molecular formula is C20H24N4O. The smallest absolute Gasteiger partial charge is 0.0666 e. The van der Waals surface area contributed by atoms with Crippen LogP contribution in [0, 0.1) is 12.8 Å². The van der Waals surface area contributed by atoms with Crippen molar-refractivity contribution < 1.29 is 4.74 Å². The van der Waals surface area contributed by atoms with Gasteiger partial charge in [-0.15, -0.1) is 0 Å². The van der Waals surface area contributed by atoms with Gasteiger partial charge in [0, 0.05) is 56.0 Å². The molecule has 25 heavy (non-hydrogen) atoms. The van der Waals surface area contributed by atoms with E-state index in [0.717, 1.165) is 50.7 Å². The summed E-state index contributed by atoms with van der Waals surface area (Å²) >= 11 is 0. The highest BCUT2D eigenvalue weighted by Gasteiger charge is 2.20. The van der Waals surface area contributed by atoms with Crippen molar-refractivity contribution in [2.45, 2.75) is 19.9 Å². The van der Waals surface area contributed by atoms with Gasteiger partial charge in [-0.1, -0.05) is 6.07 Å². The first-order valence-electron chi connectivity index (χ1n) is 8.90. The molecular weight excluding hydrogens is 312 g/mol. The molecule has 3 aromatic heterocycles. The molecule has 0 spiro atoms. The van der Waals surface area contributed by atoms with Crippen molar-refractivity contribution in [3.8, 4) is 0 Å². The number of rotatable bonds is 4. The first kappa shape index (κ1) is 16.2. The zero-order valence-electron chi connectivity index (χ0n) is 14.6. The Morgan fingerprint density at radius 1 is 1.20 bits per heavy atom. The third-order valence-corrected chi connectivity index (χ3v) is 4.81. The molecule has 0 N–H and O–H groups in total. The van der Waals surface area contributed by atoms with Crippen LogP contribution in [0.2, 0.25) is 0 Å². The minimum Gasteiger partial charge on any atom is -0.380 e. The van der Waals surface area contributed by atoms with E-state index in [1.54, 1.807) is 0 Å². The predicted molar refractivity (Wildman–Crippen MR) is 97.5 cm³/mol. The van der Waals surface area contributed by atoms with Gasteiger partial charge in [-0.25, -0.2) is 0 Å². The summed E-state index contributed by atoms with van der Waals surface area (Å²) in [4.78, 5) is 11.5. The van der Waals surface area contributed by atoms with E-state index in [9.17, 15) is 0 Å². The topological polar surface area (TPSA) is 42.7 Å². The predicted octanol–water partition coefficient (Wildman–Crippen LogP) is 2.73. The van der Waals surface area contributed by atoms with Crippen LogP contribution in [0.1, 0.15) is 17.0 Å². The van der Waals surface area contributed by atoms with Gasteiger partial charge < -0.3 is 9.14 Å². The number of ether oxygens (including phenoxy) is 1. The van der Waals surface area contributed by atoms with E-state index in [-0.39, 0.29) is 0 Å². The van der Waals surface area contributed by atoms with E-state index < -0.39 is 0 Å². The number of hydrogen-bond acceptors (Lipinski definition) is 4. The minimum absolute atomic E-state index is 0.453. The minimum atomic E-state index is 0.453. The van der Waals surface area contributed by atoms with Crippen LogP contribution in [0.5, 0.6) is 0 Å². The highest BCUT2D eigenvalue weighted by Crippen LogP contribution is 2.18. The van der Waals surface area contributed by atoms with E-state index in [4.69, 9.17) is 4.74 Å². The number of nitrogens with zero attached hydrogens (tertiary/aromatic N) is 4. The lowest BCUT2D eigenvalue weighted by Crippen LogP contribution is -2.30. The van der Waals surface area contributed by atoms with Crippen LogP contribution in [0.3, 0.4) is 0 Å². The second kappa shape index (κ2) is 7.33. The fourth-order valence-electron chi connectivity index (χ4n) is 3.53. The molecule has 0 bridgehead atoms. The molecule has 1 aliphatic heterocycles. The molecule has 4 rings (SSSR count).